The van der Waals surface area contributed by atoms with Gasteiger partial charge in [0, 0.05) is 19.5 Å². The van der Waals surface area contributed by atoms with Crippen molar-refractivity contribution in [3.63, 3.8) is 0 Å². The first-order chi connectivity index (χ1) is 7.66. The lowest BCUT2D eigenvalue weighted by Gasteiger charge is -2.16. The molecule has 1 saturated heterocycles. The standard InChI is InChI=1S/C13H17NO2/c1-10(15)12-5-2-4-11(8-12)9-14-7-3-6-13(14)16/h2,4-5,8,10,15H,3,6-7,9H2,1H3. The van der Waals surface area contributed by atoms with Crippen molar-refractivity contribution >= 4 is 5.91 Å². The smallest absolute Gasteiger partial charge is 0.222 e. The number of aliphatic hydroxyl groups excluding tert-OH is 1. The zero-order valence-electron chi connectivity index (χ0n) is 9.52. The van der Waals surface area contributed by atoms with Gasteiger partial charge in [-0.2, -0.15) is 0 Å². The van der Waals surface area contributed by atoms with Crippen LogP contribution in [0.25, 0.3) is 0 Å². The summed E-state index contributed by atoms with van der Waals surface area (Å²) in [6, 6.07) is 7.80. The van der Waals surface area contributed by atoms with Crippen LogP contribution in [-0.4, -0.2) is 22.5 Å². The lowest BCUT2D eigenvalue weighted by atomic mass is 10.1. The molecule has 0 radical (unpaired) electrons. The molecule has 1 aliphatic heterocycles. The summed E-state index contributed by atoms with van der Waals surface area (Å²) in [7, 11) is 0. The number of carbonyl (C=O) groups is 1. The average Bonchev–Trinajstić information content (AvgIpc) is 2.65. The Morgan fingerprint density at radius 1 is 1.50 bits per heavy atom. The Labute approximate surface area is 95.7 Å². The number of carbonyl (C=O) groups excluding carboxylic acids is 1. The van der Waals surface area contributed by atoms with Crippen molar-refractivity contribution in [1.82, 2.24) is 4.90 Å². The third-order valence-corrected chi connectivity index (χ3v) is 2.98. The summed E-state index contributed by atoms with van der Waals surface area (Å²) in [4.78, 5) is 13.4. The number of nitrogens with zero attached hydrogens (tertiary/aromatic N) is 1. The highest BCUT2D eigenvalue weighted by atomic mass is 16.3. The summed E-state index contributed by atoms with van der Waals surface area (Å²) in [6.45, 7) is 3.28. The third-order valence-electron chi connectivity index (χ3n) is 2.98. The minimum absolute atomic E-state index is 0.238. The lowest BCUT2D eigenvalue weighted by Crippen LogP contribution is -2.23. The normalized spacial score (nSPS) is 17.9. The summed E-state index contributed by atoms with van der Waals surface area (Å²) in [5, 5.41) is 9.48. The van der Waals surface area contributed by atoms with Crippen molar-refractivity contribution in [3.8, 4) is 0 Å². The SMILES string of the molecule is CC(O)c1cccc(CN2CCCC2=O)c1. The molecule has 1 heterocycles. The predicted molar refractivity (Wildman–Crippen MR) is 61.7 cm³/mol. The van der Waals surface area contributed by atoms with E-state index in [-0.39, 0.29) is 5.91 Å². The number of rotatable bonds is 3. The van der Waals surface area contributed by atoms with Crippen LogP contribution in [0.4, 0.5) is 0 Å². The van der Waals surface area contributed by atoms with Crippen LogP contribution in [0, 0.1) is 0 Å². The molecule has 0 aliphatic carbocycles. The van der Waals surface area contributed by atoms with Gasteiger partial charge in [0.2, 0.25) is 5.91 Å². The second kappa shape index (κ2) is 4.66. The minimum Gasteiger partial charge on any atom is -0.389 e. The first kappa shape index (κ1) is 11.1. The Kier molecular flexibility index (Phi) is 3.25. The highest BCUT2D eigenvalue weighted by molar-refractivity contribution is 5.78. The molecule has 1 aromatic carbocycles. The van der Waals surface area contributed by atoms with Crippen molar-refractivity contribution in [2.75, 3.05) is 6.54 Å². The Hall–Kier alpha value is -1.35. The molecule has 16 heavy (non-hydrogen) atoms. The van der Waals surface area contributed by atoms with Crippen LogP contribution >= 0.6 is 0 Å². The van der Waals surface area contributed by atoms with Crippen molar-refractivity contribution in [2.24, 2.45) is 0 Å². The molecule has 1 atom stereocenters. The second-order valence-electron chi connectivity index (χ2n) is 4.34. The molecule has 1 aromatic rings. The number of benzene rings is 1. The molecule has 0 saturated carbocycles. The van der Waals surface area contributed by atoms with Crippen LogP contribution in [-0.2, 0) is 11.3 Å². The van der Waals surface area contributed by atoms with Gasteiger partial charge < -0.3 is 10.0 Å². The fourth-order valence-electron chi connectivity index (χ4n) is 2.04. The summed E-state index contributed by atoms with van der Waals surface area (Å²) >= 11 is 0. The van der Waals surface area contributed by atoms with Gasteiger partial charge in [-0.3, -0.25) is 4.79 Å². The zero-order chi connectivity index (χ0) is 11.5. The molecule has 2 rings (SSSR count). The molecule has 0 bridgehead atoms. The van der Waals surface area contributed by atoms with E-state index in [0.717, 1.165) is 24.1 Å². The summed E-state index contributed by atoms with van der Waals surface area (Å²) < 4.78 is 0. The molecular formula is C13H17NO2. The Balaban J connectivity index is 2.09. The molecule has 3 heteroatoms. The number of hydrogen-bond donors (Lipinski definition) is 1. The fourth-order valence-corrected chi connectivity index (χ4v) is 2.04. The van der Waals surface area contributed by atoms with Crippen LogP contribution in [0.5, 0.6) is 0 Å². The average molecular weight is 219 g/mol. The van der Waals surface area contributed by atoms with E-state index in [9.17, 15) is 9.90 Å². The van der Waals surface area contributed by atoms with Crippen molar-refractivity contribution < 1.29 is 9.90 Å². The predicted octanol–water partition coefficient (Wildman–Crippen LogP) is 1.86. The van der Waals surface area contributed by atoms with Gasteiger partial charge in [0.15, 0.2) is 0 Å². The van der Waals surface area contributed by atoms with E-state index in [2.05, 4.69) is 0 Å². The Bertz CT molecular complexity index is 387. The van der Waals surface area contributed by atoms with E-state index in [1.165, 1.54) is 0 Å². The van der Waals surface area contributed by atoms with E-state index in [0.29, 0.717) is 13.0 Å². The summed E-state index contributed by atoms with van der Waals surface area (Å²) in [5.41, 5.74) is 2.00. The minimum atomic E-state index is -0.450. The van der Waals surface area contributed by atoms with E-state index in [1.54, 1.807) is 6.92 Å². The summed E-state index contributed by atoms with van der Waals surface area (Å²) in [5.74, 6) is 0.238. The van der Waals surface area contributed by atoms with Crippen molar-refractivity contribution in [3.05, 3.63) is 35.4 Å². The van der Waals surface area contributed by atoms with Crippen molar-refractivity contribution in [2.45, 2.75) is 32.4 Å². The van der Waals surface area contributed by atoms with Gasteiger partial charge in [0.05, 0.1) is 6.10 Å². The van der Waals surface area contributed by atoms with Gasteiger partial charge in [-0.05, 0) is 24.5 Å². The Morgan fingerprint density at radius 3 is 2.94 bits per heavy atom. The van der Waals surface area contributed by atoms with Crippen molar-refractivity contribution in [1.29, 1.82) is 0 Å². The van der Waals surface area contributed by atoms with Crippen LogP contribution in [0.3, 0.4) is 0 Å². The van der Waals surface area contributed by atoms with Gasteiger partial charge in [0.25, 0.3) is 0 Å². The molecule has 1 unspecified atom stereocenters. The van der Waals surface area contributed by atoms with Gasteiger partial charge in [0.1, 0.15) is 0 Å². The molecule has 0 spiro atoms. The highest BCUT2D eigenvalue weighted by Gasteiger charge is 2.19. The van der Waals surface area contributed by atoms with E-state index in [4.69, 9.17) is 0 Å². The van der Waals surface area contributed by atoms with E-state index >= 15 is 0 Å². The van der Waals surface area contributed by atoms with E-state index < -0.39 is 6.10 Å². The van der Waals surface area contributed by atoms with Crippen LogP contribution < -0.4 is 0 Å². The maximum absolute atomic E-state index is 11.5. The molecular weight excluding hydrogens is 202 g/mol. The first-order valence-electron chi connectivity index (χ1n) is 5.71. The Morgan fingerprint density at radius 2 is 2.31 bits per heavy atom. The molecule has 1 amide bonds. The second-order valence-corrected chi connectivity index (χ2v) is 4.34. The topological polar surface area (TPSA) is 40.5 Å². The van der Waals surface area contributed by atoms with Gasteiger partial charge in [-0.1, -0.05) is 24.3 Å². The number of amides is 1. The molecule has 1 aliphatic rings. The fraction of sp³-hybridized carbons (Fsp3) is 0.462. The molecule has 1 N–H and O–H groups in total. The molecule has 0 aromatic heterocycles. The van der Waals surface area contributed by atoms with Gasteiger partial charge in [-0.15, -0.1) is 0 Å². The van der Waals surface area contributed by atoms with Crippen LogP contribution in [0.2, 0.25) is 0 Å². The maximum atomic E-state index is 11.5. The maximum Gasteiger partial charge on any atom is 0.222 e. The van der Waals surface area contributed by atoms with Gasteiger partial charge >= 0.3 is 0 Å². The number of hydrogen-bond acceptors (Lipinski definition) is 2. The monoisotopic (exact) mass is 219 g/mol. The lowest BCUT2D eigenvalue weighted by molar-refractivity contribution is -0.128. The molecule has 3 nitrogen and oxygen atoms in total. The first-order valence-corrected chi connectivity index (χ1v) is 5.71. The molecule has 1 fully saturated rings. The third kappa shape index (κ3) is 2.42. The zero-order valence-corrected chi connectivity index (χ0v) is 9.52. The highest BCUT2D eigenvalue weighted by Crippen LogP contribution is 2.17. The largest absolute Gasteiger partial charge is 0.389 e. The van der Waals surface area contributed by atoms with Crippen LogP contribution in [0.15, 0.2) is 24.3 Å². The van der Waals surface area contributed by atoms with Gasteiger partial charge in [-0.25, -0.2) is 0 Å². The quantitative estimate of drug-likeness (QED) is 0.843. The summed E-state index contributed by atoms with van der Waals surface area (Å²) in [6.07, 6.45) is 1.19. The number of likely N-dealkylation sites (tertiary alicyclic amines) is 1. The number of aliphatic hydroxyl groups is 1. The van der Waals surface area contributed by atoms with E-state index in [1.807, 2.05) is 29.2 Å². The van der Waals surface area contributed by atoms with Crippen LogP contribution in [0.1, 0.15) is 37.0 Å². The molecule has 86 valence electrons.